The molecule has 0 aromatic heterocycles. The number of aliphatic hydroxyl groups excluding tert-OH is 1. The second kappa shape index (κ2) is 9.89. The molecule has 0 spiro atoms. The van der Waals surface area contributed by atoms with Gasteiger partial charge in [-0.25, -0.2) is 0 Å². The van der Waals surface area contributed by atoms with Crippen molar-refractivity contribution in [1.29, 1.82) is 0 Å². The quantitative estimate of drug-likeness (QED) is 0.286. The lowest BCUT2D eigenvalue weighted by atomic mass is 9.94. The van der Waals surface area contributed by atoms with E-state index in [4.69, 9.17) is 18.9 Å². The number of amides is 1. The first-order valence-corrected chi connectivity index (χ1v) is 12.0. The van der Waals surface area contributed by atoms with Gasteiger partial charge < -0.3 is 24.1 Å². The Balaban J connectivity index is 1.72. The van der Waals surface area contributed by atoms with Gasteiger partial charge in [0.1, 0.15) is 17.3 Å². The van der Waals surface area contributed by atoms with Crippen molar-refractivity contribution in [2.45, 2.75) is 19.4 Å². The van der Waals surface area contributed by atoms with E-state index in [0.29, 0.717) is 53.7 Å². The maximum Gasteiger partial charge on any atom is 0.300 e. The SMILES string of the molecule is CCOc1cc(C2/C(=C(\O)c3ccc4c(c3)CCO4)C(=O)C(=O)N2c2cccc(OC)c2)ccc1OC. The fourth-order valence-electron chi connectivity index (χ4n) is 4.80. The van der Waals surface area contributed by atoms with Gasteiger partial charge in [0, 0.05) is 23.7 Å². The number of nitrogens with zero attached hydrogens (tertiary/aromatic N) is 1. The Labute approximate surface area is 214 Å². The number of fused-ring (bicyclic) bond motifs is 1. The lowest BCUT2D eigenvalue weighted by molar-refractivity contribution is -0.132. The molecule has 1 fully saturated rings. The largest absolute Gasteiger partial charge is 0.507 e. The van der Waals surface area contributed by atoms with Crippen molar-refractivity contribution in [1.82, 2.24) is 0 Å². The molecule has 8 nitrogen and oxygen atoms in total. The van der Waals surface area contributed by atoms with Crippen molar-refractivity contribution in [2.24, 2.45) is 0 Å². The second-order valence-corrected chi connectivity index (χ2v) is 8.63. The molecular weight excluding hydrogens is 474 g/mol. The summed E-state index contributed by atoms with van der Waals surface area (Å²) in [6, 6.07) is 16.4. The number of ether oxygens (including phenoxy) is 4. The van der Waals surface area contributed by atoms with Crippen LogP contribution in [0.4, 0.5) is 5.69 Å². The van der Waals surface area contributed by atoms with Gasteiger partial charge in [0.05, 0.1) is 39.0 Å². The van der Waals surface area contributed by atoms with Crippen LogP contribution < -0.4 is 23.8 Å². The summed E-state index contributed by atoms with van der Waals surface area (Å²) in [5, 5.41) is 11.5. The van der Waals surface area contributed by atoms with Crippen LogP contribution in [0.3, 0.4) is 0 Å². The molecule has 0 radical (unpaired) electrons. The van der Waals surface area contributed by atoms with Gasteiger partial charge in [-0.05, 0) is 60.5 Å². The second-order valence-electron chi connectivity index (χ2n) is 8.63. The molecule has 1 unspecified atom stereocenters. The Morgan fingerprint density at radius 1 is 1.03 bits per heavy atom. The molecule has 190 valence electrons. The minimum atomic E-state index is -0.915. The highest BCUT2D eigenvalue weighted by Crippen LogP contribution is 2.45. The Hall–Kier alpha value is -4.46. The molecule has 1 atom stereocenters. The Kier molecular flexibility index (Phi) is 6.48. The third-order valence-electron chi connectivity index (χ3n) is 6.54. The Morgan fingerprint density at radius 2 is 1.86 bits per heavy atom. The van der Waals surface area contributed by atoms with Gasteiger partial charge in [-0.1, -0.05) is 12.1 Å². The minimum absolute atomic E-state index is 0.0145. The molecule has 1 N–H and O–H groups in total. The van der Waals surface area contributed by atoms with E-state index in [-0.39, 0.29) is 11.3 Å². The third-order valence-corrected chi connectivity index (χ3v) is 6.54. The number of benzene rings is 3. The van der Waals surface area contributed by atoms with E-state index in [1.807, 2.05) is 6.92 Å². The Morgan fingerprint density at radius 3 is 2.62 bits per heavy atom. The highest BCUT2D eigenvalue weighted by Gasteiger charge is 2.47. The van der Waals surface area contributed by atoms with Crippen LogP contribution in [0, 0.1) is 0 Å². The highest BCUT2D eigenvalue weighted by atomic mass is 16.5. The lowest BCUT2D eigenvalue weighted by Crippen LogP contribution is -2.29. The molecule has 0 bridgehead atoms. The van der Waals surface area contributed by atoms with Crippen molar-refractivity contribution in [3.63, 3.8) is 0 Å². The maximum atomic E-state index is 13.5. The summed E-state index contributed by atoms with van der Waals surface area (Å²) in [4.78, 5) is 28.3. The predicted octanol–water partition coefficient (Wildman–Crippen LogP) is 4.66. The van der Waals surface area contributed by atoms with Crippen LogP contribution in [0.2, 0.25) is 0 Å². The van der Waals surface area contributed by atoms with E-state index in [1.54, 1.807) is 60.7 Å². The van der Waals surface area contributed by atoms with E-state index >= 15 is 0 Å². The number of Topliss-reactive ketones (excluding diaryl/α,β-unsaturated/α-hetero) is 1. The molecule has 1 amide bonds. The maximum absolute atomic E-state index is 13.5. The van der Waals surface area contributed by atoms with Gasteiger partial charge >= 0.3 is 0 Å². The number of hydrogen-bond donors (Lipinski definition) is 1. The zero-order valence-corrected chi connectivity index (χ0v) is 20.8. The number of carbonyl (C=O) groups is 2. The monoisotopic (exact) mass is 501 g/mol. The molecule has 2 aliphatic heterocycles. The molecular formula is C29H27NO7. The first kappa shape index (κ1) is 24.2. The van der Waals surface area contributed by atoms with Gasteiger partial charge in [0.2, 0.25) is 0 Å². The molecule has 0 aliphatic carbocycles. The fourth-order valence-corrected chi connectivity index (χ4v) is 4.80. The van der Waals surface area contributed by atoms with Crippen molar-refractivity contribution in [3.05, 3.63) is 82.9 Å². The predicted molar refractivity (Wildman–Crippen MR) is 138 cm³/mol. The van der Waals surface area contributed by atoms with E-state index in [9.17, 15) is 14.7 Å². The molecule has 3 aromatic rings. The van der Waals surface area contributed by atoms with Crippen LogP contribution in [0.1, 0.15) is 29.7 Å². The average molecular weight is 502 g/mol. The molecule has 3 aromatic carbocycles. The average Bonchev–Trinajstić information content (AvgIpc) is 3.50. The van der Waals surface area contributed by atoms with Gasteiger partial charge in [0.25, 0.3) is 11.7 Å². The van der Waals surface area contributed by atoms with E-state index in [0.717, 1.165) is 11.3 Å². The first-order valence-electron chi connectivity index (χ1n) is 12.0. The van der Waals surface area contributed by atoms with Crippen LogP contribution in [-0.2, 0) is 16.0 Å². The van der Waals surface area contributed by atoms with E-state index in [1.165, 1.54) is 19.1 Å². The van der Waals surface area contributed by atoms with Crippen molar-refractivity contribution in [2.75, 3.05) is 32.3 Å². The number of carbonyl (C=O) groups excluding carboxylic acids is 2. The molecule has 8 heteroatoms. The number of aliphatic hydroxyl groups is 1. The van der Waals surface area contributed by atoms with E-state index in [2.05, 4.69) is 0 Å². The number of hydrogen-bond acceptors (Lipinski definition) is 7. The molecule has 0 saturated carbocycles. The van der Waals surface area contributed by atoms with Crippen molar-refractivity contribution >= 4 is 23.1 Å². The molecule has 1 saturated heterocycles. The fraction of sp³-hybridized carbons (Fsp3) is 0.241. The number of ketones is 1. The number of methoxy groups -OCH3 is 2. The summed E-state index contributed by atoms with van der Waals surface area (Å²) in [5.74, 6) is 0.477. The van der Waals surface area contributed by atoms with E-state index < -0.39 is 17.7 Å². The standard InChI is InChI=1S/C29H27NO7/c1-4-36-24-15-18(8-11-23(24)35-3)26-25(27(31)19-9-10-22-17(14-19)12-13-37-22)28(32)29(33)30(26)20-6-5-7-21(16-20)34-2/h5-11,14-16,26,31H,4,12-13H2,1-3H3/b27-25+. The molecule has 2 aliphatic rings. The van der Waals surface area contributed by atoms with Gasteiger partial charge in [-0.2, -0.15) is 0 Å². The lowest BCUT2D eigenvalue weighted by Gasteiger charge is -2.26. The van der Waals surface area contributed by atoms with Gasteiger partial charge in [-0.3, -0.25) is 14.5 Å². The van der Waals surface area contributed by atoms with Crippen molar-refractivity contribution < 1.29 is 33.6 Å². The summed E-state index contributed by atoms with van der Waals surface area (Å²) in [7, 11) is 3.07. The summed E-state index contributed by atoms with van der Waals surface area (Å²) in [6.45, 7) is 2.81. The third kappa shape index (κ3) is 4.24. The van der Waals surface area contributed by atoms with Crippen LogP contribution >= 0.6 is 0 Å². The number of rotatable bonds is 7. The molecule has 2 heterocycles. The number of anilines is 1. The van der Waals surface area contributed by atoms with Gasteiger partial charge in [-0.15, -0.1) is 0 Å². The summed E-state index contributed by atoms with van der Waals surface area (Å²) in [5.41, 5.74) is 2.40. The van der Waals surface area contributed by atoms with Crippen LogP contribution in [-0.4, -0.2) is 44.2 Å². The first-order chi connectivity index (χ1) is 18.0. The van der Waals surface area contributed by atoms with Crippen LogP contribution in [0.5, 0.6) is 23.0 Å². The summed E-state index contributed by atoms with van der Waals surface area (Å²) < 4.78 is 22.1. The molecule has 37 heavy (non-hydrogen) atoms. The van der Waals surface area contributed by atoms with Crippen LogP contribution in [0.25, 0.3) is 5.76 Å². The zero-order chi connectivity index (χ0) is 26.1. The summed E-state index contributed by atoms with van der Waals surface area (Å²) in [6.07, 6.45) is 0.703. The molecule has 5 rings (SSSR count). The zero-order valence-electron chi connectivity index (χ0n) is 20.8. The highest BCUT2D eigenvalue weighted by molar-refractivity contribution is 6.51. The van der Waals surface area contributed by atoms with Crippen molar-refractivity contribution in [3.8, 4) is 23.0 Å². The minimum Gasteiger partial charge on any atom is -0.507 e. The smallest absolute Gasteiger partial charge is 0.300 e. The van der Waals surface area contributed by atoms with Gasteiger partial charge in [0.15, 0.2) is 11.5 Å². The topological polar surface area (TPSA) is 94.5 Å². The Bertz CT molecular complexity index is 1410. The summed E-state index contributed by atoms with van der Waals surface area (Å²) >= 11 is 0. The van der Waals surface area contributed by atoms with Crippen LogP contribution in [0.15, 0.2) is 66.2 Å². The normalized spacial score (nSPS) is 17.9.